The van der Waals surface area contributed by atoms with Gasteiger partial charge in [0.15, 0.2) is 0 Å². The molecule has 25 heavy (non-hydrogen) atoms. The minimum atomic E-state index is -0.0425. The molecule has 2 aromatic heterocycles. The first kappa shape index (κ1) is 16.0. The Kier molecular flexibility index (Phi) is 4.31. The number of fused-ring (bicyclic) bond motifs is 1. The number of carbonyl (C=O) groups excluding carboxylic acids is 1. The first-order valence-corrected chi connectivity index (χ1v) is 9.16. The van der Waals surface area contributed by atoms with E-state index in [-0.39, 0.29) is 12.0 Å². The van der Waals surface area contributed by atoms with E-state index in [0.29, 0.717) is 23.8 Å². The van der Waals surface area contributed by atoms with Crippen LogP contribution in [-0.4, -0.2) is 45.0 Å². The third kappa shape index (κ3) is 3.46. The van der Waals surface area contributed by atoms with E-state index in [2.05, 4.69) is 15.0 Å². The summed E-state index contributed by atoms with van der Waals surface area (Å²) < 4.78 is 6.99. The standard InChI is InChI=1S/C18H18N4O2S/c1-12-19-7-6-17(21-12)24-14-3-2-8-22(10-14)18(23)13-4-5-15-16(9-13)25-11-20-15/h4-7,9,11,14H,2-3,8,10H2,1H3/t14-/m1/s1. The fourth-order valence-corrected chi connectivity index (χ4v) is 3.78. The van der Waals surface area contributed by atoms with Crippen LogP contribution in [0.15, 0.2) is 36.0 Å². The minimum absolute atomic E-state index is 0.0425. The number of nitrogens with zero attached hydrogens (tertiary/aromatic N) is 4. The van der Waals surface area contributed by atoms with Gasteiger partial charge in [-0.25, -0.2) is 9.97 Å². The Morgan fingerprint density at radius 2 is 2.24 bits per heavy atom. The van der Waals surface area contributed by atoms with Crippen LogP contribution in [0.4, 0.5) is 0 Å². The van der Waals surface area contributed by atoms with Crippen molar-refractivity contribution in [3.63, 3.8) is 0 Å². The van der Waals surface area contributed by atoms with Gasteiger partial charge in [0.2, 0.25) is 5.88 Å². The average Bonchev–Trinajstić information content (AvgIpc) is 3.09. The van der Waals surface area contributed by atoms with Crippen molar-refractivity contribution in [1.82, 2.24) is 19.9 Å². The van der Waals surface area contributed by atoms with Crippen molar-refractivity contribution < 1.29 is 9.53 Å². The lowest BCUT2D eigenvalue weighted by atomic mass is 10.1. The number of likely N-dealkylation sites (tertiary alicyclic amines) is 1. The van der Waals surface area contributed by atoms with E-state index in [0.717, 1.165) is 29.6 Å². The number of hydrogen-bond donors (Lipinski definition) is 0. The van der Waals surface area contributed by atoms with E-state index in [4.69, 9.17) is 4.74 Å². The third-order valence-electron chi connectivity index (χ3n) is 4.28. The van der Waals surface area contributed by atoms with Crippen LogP contribution in [0, 0.1) is 6.92 Å². The van der Waals surface area contributed by atoms with Crippen LogP contribution in [0.1, 0.15) is 29.0 Å². The molecule has 1 saturated heterocycles. The number of rotatable bonds is 3. The van der Waals surface area contributed by atoms with Crippen LogP contribution in [0.2, 0.25) is 0 Å². The van der Waals surface area contributed by atoms with E-state index >= 15 is 0 Å². The summed E-state index contributed by atoms with van der Waals surface area (Å²) in [5.74, 6) is 1.29. The van der Waals surface area contributed by atoms with Gasteiger partial charge < -0.3 is 9.64 Å². The number of ether oxygens (including phenoxy) is 1. The molecule has 4 rings (SSSR count). The fraction of sp³-hybridized carbons (Fsp3) is 0.333. The van der Waals surface area contributed by atoms with E-state index in [9.17, 15) is 4.79 Å². The Labute approximate surface area is 149 Å². The molecule has 3 aromatic rings. The van der Waals surface area contributed by atoms with Crippen molar-refractivity contribution in [3.8, 4) is 5.88 Å². The zero-order valence-electron chi connectivity index (χ0n) is 13.9. The van der Waals surface area contributed by atoms with E-state index in [1.54, 1.807) is 29.1 Å². The second-order valence-electron chi connectivity index (χ2n) is 6.11. The summed E-state index contributed by atoms with van der Waals surface area (Å²) >= 11 is 1.55. The van der Waals surface area contributed by atoms with Crippen LogP contribution < -0.4 is 4.74 Å². The van der Waals surface area contributed by atoms with Gasteiger partial charge in [-0.15, -0.1) is 11.3 Å². The smallest absolute Gasteiger partial charge is 0.254 e. The van der Waals surface area contributed by atoms with Gasteiger partial charge in [-0.2, -0.15) is 4.98 Å². The predicted octanol–water partition coefficient (Wildman–Crippen LogP) is 3.08. The minimum Gasteiger partial charge on any atom is -0.472 e. The van der Waals surface area contributed by atoms with Crippen molar-refractivity contribution in [2.24, 2.45) is 0 Å². The lowest BCUT2D eigenvalue weighted by Gasteiger charge is -2.32. The molecule has 0 aliphatic carbocycles. The Balaban J connectivity index is 1.47. The lowest BCUT2D eigenvalue weighted by molar-refractivity contribution is 0.0527. The molecular formula is C18H18N4O2S. The molecule has 0 bridgehead atoms. The normalized spacial score (nSPS) is 17.6. The highest BCUT2D eigenvalue weighted by Crippen LogP contribution is 2.22. The first-order valence-electron chi connectivity index (χ1n) is 8.28. The van der Waals surface area contributed by atoms with E-state index in [1.807, 2.05) is 30.0 Å². The number of amides is 1. The Morgan fingerprint density at radius 3 is 3.12 bits per heavy atom. The molecule has 7 heteroatoms. The number of carbonyl (C=O) groups is 1. The molecule has 1 atom stereocenters. The molecule has 3 heterocycles. The highest BCUT2D eigenvalue weighted by molar-refractivity contribution is 7.16. The number of benzene rings is 1. The maximum atomic E-state index is 12.8. The number of aryl methyl sites for hydroxylation is 1. The quantitative estimate of drug-likeness (QED) is 0.723. The maximum absolute atomic E-state index is 12.8. The molecule has 1 aliphatic heterocycles. The van der Waals surface area contributed by atoms with Crippen molar-refractivity contribution >= 4 is 27.5 Å². The van der Waals surface area contributed by atoms with Gasteiger partial charge in [-0.1, -0.05) is 0 Å². The molecule has 128 valence electrons. The summed E-state index contributed by atoms with van der Waals surface area (Å²) in [4.78, 5) is 27.3. The molecule has 1 aromatic carbocycles. The van der Waals surface area contributed by atoms with Gasteiger partial charge in [0, 0.05) is 24.4 Å². The van der Waals surface area contributed by atoms with Gasteiger partial charge in [0.05, 0.1) is 22.3 Å². The summed E-state index contributed by atoms with van der Waals surface area (Å²) in [7, 11) is 0. The summed E-state index contributed by atoms with van der Waals surface area (Å²) in [6.45, 7) is 3.16. The summed E-state index contributed by atoms with van der Waals surface area (Å²) in [6, 6.07) is 7.43. The van der Waals surface area contributed by atoms with Crippen LogP contribution in [0.5, 0.6) is 5.88 Å². The summed E-state index contributed by atoms with van der Waals surface area (Å²) in [6.07, 6.45) is 3.48. The van der Waals surface area contributed by atoms with E-state index in [1.165, 1.54) is 0 Å². The Bertz CT molecular complexity index is 911. The van der Waals surface area contributed by atoms with Crippen LogP contribution >= 0.6 is 11.3 Å². The highest BCUT2D eigenvalue weighted by Gasteiger charge is 2.26. The second kappa shape index (κ2) is 6.76. The molecule has 1 aliphatic rings. The zero-order chi connectivity index (χ0) is 17.2. The predicted molar refractivity (Wildman–Crippen MR) is 95.9 cm³/mol. The molecule has 6 nitrogen and oxygen atoms in total. The van der Waals surface area contributed by atoms with Crippen LogP contribution in [0.3, 0.4) is 0 Å². The molecule has 1 amide bonds. The molecule has 0 unspecified atom stereocenters. The SMILES string of the molecule is Cc1nccc(O[C@@H]2CCCN(C(=O)c3ccc4ncsc4c3)C2)n1. The topological polar surface area (TPSA) is 68.2 Å². The maximum Gasteiger partial charge on any atom is 0.254 e. The number of piperidine rings is 1. The van der Waals surface area contributed by atoms with Crippen molar-refractivity contribution in [2.45, 2.75) is 25.9 Å². The monoisotopic (exact) mass is 354 g/mol. The largest absolute Gasteiger partial charge is 0.472 e. The molecule has 0 radical (unpaired) electrons. The highest BCUT2D eigenvalue weighted by atomic mass is 32.1. The third-order valence-corrected chi connectivity index (χ3v) is 5.07. The van der Waals surface area contributed by atoms with Crippen molar-refractivity contribution in [2.75, 3.05) is 13.1 Å². The molecule has 1 fully saturated rings. The van der Waals surface area contributed by atoms with E-state index < -0.39 is 0 Å². The lowest BCUT2D eigenvalue weighted by Crippen LogP contribution is -2.44. The average molecular weight is 354 g/mol. The Hall–Kier alpha value is -2.54. The summed E-state index contributed by atoms with van der Waals surface area (Å²) in [5.41, 5.74) is 3.43. The molecule has 0 spiro atoms. The molecule has 0 saturated carbocycles. The van der Waals surface area contributed by atoms with Crippen LogP contribution in [-0.2, 0) is 0 Å². The number of thiazole rings is 1. The van der Waals surface area contributed by atoms with Gasteiger partial charge in [-0.05, 0) is 38.0 Å². The van der Waals surface area contributed by atoms with Crippen molar-refractivity contribution in [1.29, 1.82) is 0 Å². The summed E-state index contributed by atoms with van der Waals surface area (Å²) in [5, 5.41) is 0. The molecule has 0 N–H and O–H groups in total. The fourth-order valence-electron chi connectivity index (χ4n) is 3.06. The van der Waals surface area contributed by atoms with Gasteiger partial charge in [0.25, 0.3) is 5.91 Å². The van der Waals surface area contributed by atoms with Gasteiger partial charge >= 0.3 is 0 Å². The Morgan fingerprint density at radius 1 is 1.32 bits per heavy atom. The molecular weight excluding hydrogens is 336 g/mol. The first-order chi connectivity index (χ1) is 12.2. The zero-order valence-corrected chi connectivity index (χ0v) is 14.7. The number of hydrogen-bond acceptors (Lipinski definition) is 6. The van der Waals surface area contributed by atoms with Gasteiger partial charge in [0.1, 0.15) is 11.9 Å². The second-order valence-corrected chi connectivity index (χ2v) is 7.00. The number of aromatic nitrogens is 3. The van der Waals surface area contributed by atoms with Gasteiger partial charge in [-0.3, -0.25) is 4.79 Å². The van der Waals surface area contributed by atoms with Crippen LogP contribution in [0.25, 0.3) is 10.2 Å². The van der Waals surface area contributed by atoms with Crippen molar-refractivity contribution in [3.05, 3.63) is 47.4 Å².